The number of anilines is 1. The fourth-order valence-electron chi connectivity index (χ4n) is 5.40. The molecule has 2 fully saturated rings. The summed E-state index contributed by atoms with van der Waals surface area (Å²) in [5.74, 6) is 0.794. The lowest BCUT2D eigenvalue weighted by Gasteiger charge is -2.40. The molecule has 1 aliphatic carbocycles. The number of piperidine rings is 1. The molecule has 1 spiro atoms. The van der Waals surface area contributed by atoms with Crippen LogP contribution in [0.25, 0.3) is 0 Å². The number of aryl methyl sites for hydroxylation is 1. The molecule has 1 amide bonds. The van der Waals surface area contributed by atoms with Gasteiger partial charge in [-0.1, -0.05) is 25.1 Å². The van der Waals surface area contributed by atoms with E-state index in [0.29, 0.717) is 32.3 Å². The second-order valence-electron chi connectivity index (χ2n) is 8.90. The van der Waals surface area contributed by atoms with E-state index in [1.807, 2.05) is 29.2 Å². The normalized spacial score (nSPS) is 20.2. The Balaban J connectivity index is 1.37. The number of nitrogens with zero attached hydrogens (tertiary/aromatic N) is 3. The number of amides is 1. The average Bonchev–Trinajstić information content (AvgIpc) is 3.18. The summed E-state index contributed by atoms with van der Waals surface area (Å²) in [5.41, 5.74) is 3.64. The monoisotopic (exact) mass is 422 g/mol. The Morgan fingerprint density at radius 1 is 1.13 bits per heavy atom. The topological polar surface area (TPSA) is 78.5 Å². The van der Waals surface area contributed by atoms with Crippen LogP contribution in [0.15, 0.2) is 29.1 Å². The van der Waals surface area contributed by atoms with Crippen molar-refractivity contribution in [3.05, 3.63) is 57.0 Å². The number of carbonyl (C=O) groups excluding carboxylic acids is 1. The molecule has 0 bridgehead atoms. The van der Waals surface area contributed by atoms with Crippen LogP contribution in [-0.2, 0) is 23.0 Å². The lowest BCUT2D eigenvalue weighted by molar-refractivity contribution is 0.0662. The fraction of sp³-hybridized carbons (Fsp3) is 0.542. The number of rotatable bonds is 3. The number of aromatic amines is 1. The first-order chi connectivity index (χ1) is 15.1. The Kier molecular flexibility index (Phi) is 5.30. The van der Waals surface area contributed by atoms with Crippen LogP contribution in [0.1, 0.15) is 53.4 Å². The van der Waals surface area contributed by atoms with Crippen molar-refractivity contribution in [2.45, 2.75) is 44.4 Å². The van der Waals surface area contributed by atoms with E-state index in [4.69, 9.17) is 9.72 Å². The van der Waals surface area contributed by atoms with Gasteiger partial charge in [0.05, 0.1) is 18.9 Å². The second kappa shape index (κ2) is 8.11. The fourth-order valence-corrected chi connectivity index (χ4v) is 5.40. The largest absolute Gasteiger partial charge is 0.378 e. The van der Waals surface area contributed by atoms with Gasteiger partial charge in [-0.05, 0) is 43.7 Å². The molecule has 1 aromatic heterocycles. The average molecular weight is 423 g/mol. The number of nitrogens with one attached hydrogen (secondary N) is 1. The molecular formula is C24H30N4O3. The third-order valence-electron chi connectivity index (χ3n) is 7.31. The summed E-state index contributed by atoms with van der Waals surface area (Å²) in [6.07, 6.45) is 4.29. The van der Waals surface area contributed by atoms with Crippen LogP contribution in [0.2, 0.25) is 0 Å². The highest BCUT2D eigenvalue weighted by molar-refractivity contribution is 5.95. The minimum atomic E-state index is -0.0916. The maximum Gasteiger partial charge on any atom is 0.255 e. The third-order valence-corrected chi connectivity index (χ3v) is 7.31. The number of carbonyl (C=O) groups is 1. The van der Waals surface area contributed by atoms with Crippen LogP contribution in [-0.4, -0.2) is 60.2 Å². The summed E-state index contributed by atoms with van der Waals surface area (Å²) in [6.45, 7) is 6.30. The van der Waals surface area contributed by atoms with Gasteiger partial charge in [0.1, 0.15) is 0 Å². The van der Waals surface area contributed by atoms with Gasteiger partial charge in [0.2, 0.25) is 5.95 Å². The zero-order chi connectivity index (χ0) is 21.4. The Morgan fingerprint density at radius 3 is 2.61 bits per heavy atom. The zero-order valence-electron chi connectivity index (χ0n) is 18.2. The lowest BCUT2D eigenvalue weighted by atomic mass is 9.76. The van der Waals surface area contributed by atoms with Crippen LogP contribution < -0.4 is 10.5 Å². The Bertz CT molecular complexity index is 1030. The maximum absolute atomic E-state index is 13.2. The number of morpholine rings is 1. The first-order valence-corrected chi connectivity index (χ1v) is 11.4. The molecular weight excluding hydrogens is 392 g/mol. The molecule has 3 aliphatic rings. The number of aromatic nitrogens is 2. The number of ether oxygens (including phenoxy) is 1. The quantitative estimate of drug-likeness (QED) is 0.821. The van der Waals surface area contributed by atoms with Crippen LogP contribution in [0.3, 0.4) is 0 Å². The molecule has 2 saturated heterocycles. The summed E-state index contributed by atoms with van der Waals surface area (Å²) in [4.78, 5) is 38.1. The van der Waals surface area contributed by atoms with Crippen molar-refractivity contribution in [3.63, 3.8) is 0 Å². The van der Waals surface area contributed by atoms with E-state index in [0.717, 1.165) is 67.6 Å². The number of benzene rings is 1. The number of hydrogen-bond acceptors (Lipinski definition) is 5. The summed E-state index contributed by atoms with van der Waals surface area (Å²) < 4.78 is 5.44. The molecule has 3 heterocycles. The molecule has 0 radical (unpaired) electrons. The molecule has 0 unspecified atom stereocenters. The Hall–Kier alpha value is -2.67. The van der Waals surface area contributed by atoms with Crippen molar-refractivity contribution in [3.8, 4) is 0 Å². The van der Waals surface area contributed by atoms with Gasteiger partial charge in [0.15, 0.2) is 0 Å². The SMILES string of the molecule is CCc1ccccc1C(=O)N1CCC2(CCc3c2nc(N2CCOCC2)[nH]c3=O)CC1. The van der Waals surface area contributed by atoms with Crippen LogP contribution in [0.5, 0.6) is 0 Å². The molecule has 7 nitrogen and oxygen atoms in total. The van der Waals surface area contributed by atoms with Gasteiger partial charge in [0.25, 0.3) is 11.5 Å². The standard InChI is InChI=1S/C24H30N4O3/c1-2-17-5-3-4-6-18(17)22(30)27-11-9-24(10-12-27)8-7-19-20(24)25-23(26-21(19)29)28-13-15-31-16-14-28/h3-6H,2,7-16H2,1H3,(H,25,26,29). The summed E-state index contributed by atoms with van der Waals surface area (Å²) in [5, 5.41) is 0. The molecule has 2 aliphatic heterocycles. The highest BCUT2D eigenvalue weighted by Gasteiger charge is 2.45. The molecule has 0 saturated carbocycles. The Morgan fingerprint density at radius 2 is 1.87 bits per heavy atom. The van der Waals surface area contributed by atoms with Crippen LogP contribution >= 0.6 is 0 Å². The molecule has 1 aromatic carbocycles. The lowest BCUT2D eigenvalue weighted by Crippen LogP contribution is -2.45. The van der Waals surface area contributed by atoms with E-state index in [9.17, 15) is 9.59 Å². The molecule has 7 heteroatoms. The van der Waals surface area contributed by atoms with Crippen molar-refractivity contribution in [2.75, 3.05) is 44.3 Å². The van der Waals surface area contributed by atoms with Gasteiger partial charge >= 0.3 is 0 Å². The number of hydrogen-bond donors (Lipinski definition) is 1. The van der Waals surface area contributed by atoms with Crippen molar-refractivity contribution in [1.29, 1.82) is 0 Å². The van der Waals surface area contributed by atoms with Crippen LogP contribution in [0, 0.1) is 0 Å². The summed E-state index contributed by atoms with van der Waals surface area (Å²) in [6, 6.07) is 7.90. The van der Waals surface area contributed by atoms with Crippen molar-refractivity contribution >= 4 is 11.9 Å². The minimum absolute atomic E-state index is 0.00116. The number of likely N-dealkylation sites (tertiary alicyclic amines) is 1. The van der Waals surface area contributed by atoms with Gasteiger partial charge in [0, 0.05) is 42.7 Å². The van der Waals surface area contributed by atoms with Gasteiger partial charge < -0.3 is 14.5 Å². The van der Waals surface area contributed by atoms with E-state index < -0.39 is 0 Å². The van der Waals surface area contributed by atoms with E-state index in [1.165, 1.54) is 0 Å². The van der Waals surface area contributed by atoms with Crippen LogP contribution in [0.4, 0.5) is 5.95 Å². The second-order valence-corrected chi connectivity index (χ2v) is 8.90. The van der Waals surface area contributed by atoms with Gasteiger partial charge in [-0.2, -0.15) is 0 Å². The molecule has 1 N–H and O–H groups in total. The van der Waals surface area contributed by atoms with Crippen molar-refractivity contribution in [2.24, 2.45) is 0 Å². The highest BCUT2D eigenvalue weighted by atomic mass is 16.5. The summed E-state index contributed by atoms with van der Waals surface area (Å²) >= 11 is 0. The van der Waals surface area contributed by atoms with E-state index in [1.54, 1.807) is 0 Å². The smallest absolute Gasteiger partial charge is 0.255 e. The molecule has 2 aromatic rings. The Labute approximate surface area is 182 Å². The van der Waals surface area contributed by atoms with Crippen molar-refractivity contribution in [1.82, 2.24) is 14.9 Å². The molecule has 5 rings (SSSR count). The van der Waals surface area contributed by atoms with Gasteiger partial charge in [-0.3, -0.25) is 14.6 Å². The van der Waals surface area contributed by atoms with Crippen molar-refractivity contribution < 1.29 is 9.53 Å². The predicted octanol–water partition coefficient (Wildman–Crippen LogP) is 2.29. The van der Waals surface area contributed by atoms with Gasteiger partial charge in [-0.15, -0.1) is 0 Å². The van der Waals surface area contributed by atoms with E-state index >= 15 is 0 Å². The van der Waals surface area contributed by atoms with Gasteiger partial charge in [-0.25, -0.2) is 4.98 Å². The highest BCUT2D eigenvalue weighted by Crippen LogP contribution is 2.44. The molecule has 164 valence electrons. The molecule has 0 atom stereocenters. The van der Waals surface area contributed by atoms with E-state index in [-0.39, 0.29) is 16.9 Å². The first-order valence-electron chi connectivity index (χ1n) is 11.4. The predicted molar refractivity (Wildman–Crippen MR) is 119 cm³/mol. The number of H-pyrrole nitrogens is 1. The maximum atomic E-state index is 13.2. The number of fused-ring (bicyclic) bond motifs is 2. The first kappa shape index (κ1) is 20.2. The van der Waals surface area contributed by atoms with E-state index in [2.05, 4.69) is 16.8 Å². The third kappa shape index (κ3) is 3.55. The minimum Gasteiger partial charge on any atom is -0.378 e. The summed E-state index contributed by atoms with van der Waals surface area (Å²) in [7, 11) is 0. The zero-order valence-corrected chi connectivity index (χ0v) is 18.2. The molecule has 31 heavy (non-hydrogen) atoms.